The summed E-state index contributed by atoms with van der Waals surface area (Å²) in [5.74, 6) is 8.07. The predicted octanol–water partition coefficient (Wildman–Crippen LogP) is 1.44. The summed E-state index contributed by atoms with van der Waals surface area (Å²) in [6.07, 6.45) is 10.5. The highest BCUT2D eigenvalue weighted by Gasteiger charge is 2.08. The number of methoxy groups -OCH3 is 1. The van der Waals surface area contributed by atoms with E-state index in [1.807, 2.05) is 0 Å². The number of hydrazine groups is 1. The van der Waals surface area contributed by atoms with Gasteiger partial charge in [0.25, 0.3) is 0 Å². The largest absolute Gasteiger partial charge is 0.382 e. The van der Waals surface area contributed by atoms with Gasteiger partial charge in [-0.1, -0.05) is 0 Å². The Morgan fingerprint density at radius 2 is 2.14 bits per heavy atom. The molecule has 0 aliphatic carbocycles. The lowest BCUT2D eigenvalue weighted by atomic mass is 10.0. The van der Waals surface area contributed by atoms with Crippen LogP contribution in [0.25, 0.3) is 0 Å². The van der Waals surface area contributed by atoms with E-state index < -0.39 is 0 Å². The highest BCUT2D eigenvalue weighted by atomic mass is 16.5. The first kappa shape index (κ1) is 13.4. The maximum atomic E-state index is 5.44. The third-order valence-corrected chi connectivity index (χ3v) is 2.43. The maximum absolute atomic E-state index is 5.44. The Labute approximate surface area is 87.4 Å². The lowest BCUT2D eigenvalue weighted by Gasteiger charge is -2.17. The summed E-state index contributed by atoms with van der Waals surface area (Å²) in [4.78, 5) is 0. The zero-order chi connectivity index (χ0) is 10.8. The summed E-state index contributed by atoms with van der Waals surface area (Å²) in [5, 5.41) is 0. The summed E-state index contributed by atoms with van der Waals surface area (Å²) in [6.45, 7) is 2.06. The highest BCUT2D eigenvalue weighted by molar-refractivity contribution is 4.83. The van der Waals surface area contributed by atoms with E-state index in [-0.39, 0.29) is 0 Å². The molecule has 14 heavy (non-hydrogen) atoms. The summed E-state index contributed by atoms with van der Waals surface area (Å²) in [5.41, 5.74) is 2.82. The molecule has 0 rings (SSSR count). The second-order valence-electron chi connectivity index (χ2n) is 3.58. The quantitative estimate of drug-likeness (QED) is 0.268. The molecule has 2 unspecified atom stereocenters. The second-order valence-corrected chi connectivity index (χ2v) is 3.58. The van der Waals surface area contributed by atoms with Crippen molar-refractivity contribution >= 4 is 0 Å². The van der Waals surface area contributed by atoms with Crippen LogP contribution < -0.4 is 11.3 Å². The molecule has 0 aromatic carbocycles. The predicted molar refractivity (Wildman–Crippen MR) is 59.5 cm³/mol. The molecular formula is C11H22N2O. The Morgan fingerprint density at radius 3 is 2.64 bits per heavy atom. The molecular weight excluding hydrogens is 176 g/mol. The van der Waals surface area contributed by atoms with Crippen molar-refractivity contribution in [2.75, 3.05) is 7.11 Å². The minimum absolute atomic E-state index is 0.304. The lowest BCUT2D eigenvalue weighted by molar-refractivity contribution is 0.105. The number of nitrogens with one attached hydrogen (secondary N) is 1. The van der Waals surface area contributed by atoms with Gasteiger partial charge in [0.05, 0.1) is 6.10 Å². The summed E-state index contributed by atoms with van der Waals surface area (Å²) < 4.78 is 5.17. The van der Waals surface area contributed by atoms with E-state index in [4.69, 9.17) is 17.0 Å². The molecule has 0 aromatic heterocycles. The standard InChI is InChI=1S/C11H22N2O/c1-4-5-6-7-11(13-12)9-8-10(2)14-3/h1,10-11,13H,5-9,12H2,2-3H3. The summed E-state index contributed by atoms with van der Waals surface area (Å²) in [6, 6.07) is 0.362. The first-order valence-electron chi connectivity index (χ1n) is 5.17. The van der Waals surface area contributed by atoms with Gasteiger partial charge in [0, 0.05) is 19.6 Å². The second kappa shape index (κ2) is 9.01. The molecule has 2 atom stereocenters. The molecule has 82 valence electrons. The average molecular weight is 198 g/mol. The van der Waals surface area contributed by atoms with E-state index in [0.717, 1.165) is 32.1 Å². The van der Waals surface area contributed by atoms with Crippen molar-refractivity contribution in [2.45, 2.75) is 51.2 Å². The molecule has 0 fully saturated rings. The molecule has 3 heteroatoms. The van der Waals surface area contributed by atoms with Crippen molar-refractivity contribution in [3.8, 4) is 12.3 Å². The number of ether oxygens (including phenoxy) is 1. The van der Waals surface area contributed by atoms with Crippen LogP contribution in [-0.4, -0.2) is 19.3 Å². The van der Waals surface area contributed by atoms with Gasteiger partial charge in [-0.05, 0) is 32.6 Å². The van der Waals surface area contributed by atoms with Crippen LogP contribution in [0.4, 0.5) is 0 Å². The van der Waals surface area contributed by atoms with Gasteiger partial charge in [0.1, 0.15) is 0 Å². The molecule has 3 nitrogen and oxygen atoms in total. The van der Waals surface area contributed by atoms with E-state index in [2.05, 4.69) is 18.3 Å². The van der Waals surface area contributed by atoms with Crippen LogP contribution in [0.15, 0.2) is 0 Å². The zero-order valence-corrected chi connectivity index (χ0v) is 9.25. The fourth-order valence-corrected chi connectivity index (χ4v) is 1.32. The van der Waals surface area contributed by atoms with Gasteiger partial charge in [-0.3, -0.25) is 11.3 Å². The molecule has 0 saturated carbocycles. The normalized spacial score (nSPS) is 14.7. The molecule has 0 saturated heterocycles. The third-order valence-electron chi connectivity index (χ3n) is 2.43. The number of nitrogens with two attached hydrogens (primary N) is 1. The Balaban J connectivity index is 3.53. The third kappa shape index (κ3) is 6.90. The van der Waals surface area contributed by atoms with Crippen molar-refractivity contribution in [3.05, 3.63) is 0 Å². The Morgan fingerprint density at radius 1 is 1.43 bits per heavy atom. The van der Waals surface area contributed by atoms with Crippen LogP contribution in [-0.2, 0) is 4.74 Å². The number of hydrogen-bond acceptors (Lipinski definition) is 3. The molecule has 3 N–H and O–H groups in total. The van der Waals surface area contributed by atoms with Gasteiger partial charge < -0.3 is 4.74 Å². The summed E-state index contributed by atoms with van der Waals surface area (Å²) >= 11 is 0. The first-order valence-corrected chi connectivity index (χ1v) is 5.17. The number of terminal acetylenes is 1. The molecule has 0 aliphatic heterocycles. The van der Waals surface area contributed by atoms with Crippen molar-refractivity contribution in [1.82, 2.24) is 5.43 Å². The van der Waals surface area contributed by atoms with Gasteiger partial charge in [-0.15, -0.1) is 12.3 Å². The topological polar surface area (TPSA) is 47.3 Å². The van der Waals surface area contributed by atoms with Crippen LogP contribution in [0.1, 0.15) is 39.0 Å². The molecule has 0 aromatic rings. The van der Waals surface area contributed by atoms with E-state index >= 15 is 0 Å². The highest BCUT2D eigenvalue weighted by Crippen LogP contribution is 2.09. The van der Waals surface area contributed by atoms with Gasteiger partial charge >= 0.3 is 0 Å². The zero-order valence-electron chi connectivity index (χ0n) is 9.25. The molecule has 0 aliphatic rings. The van der Waals surface area contributed by atoms with Gasteiger partial charge in [0.15, 0.2) is 0 Å². The van der Waals surface area contributed by atoms with E-state index in [0.29, 0.717) is 12.1 Å². The smallest absolute Gasteiger partial charge is 0.0543 e. The lowest BCUT2D eigenvalue weighted by Crippen LogP contribution is -2.35. The minimum atomic E-state index is 0.304. The van der Waals surface area contributed by atoms with Crippen LogP contribution in [0.2, 0.25) is 0 Å². The van der Waals surface area contributed by atoms with Gasteiger partial charge in [-0.2, -0.15) is 0 Å². The summed E-state index contributed by atoms with van der Waals surface area (Å²) in [7, 11) is 1.73. The molecule has 0 amide bonds. The van der Waals surface area contributed by atoms with Gasteiger partial charge in [-0.25, -0.2) is 0 Å². The van der Waals surface area contributed by atoms with E-state index in [1.54, 1.807) is 7.11 Å². The van der Waals surface area contributed by atoms with Crippen LogP contribution in [0.3, 0.4) is 0 Å². The SMILES string of the molecule is C#CCCCC(CCC(C)OC)NN. The monoisotopic (exact) mass is 198 g/mol. The van der Waals surface area contributed by atoms with Gasteiger partial charge in [0.2, 0.25) is 0 Å². The van der Waals surface area contributed by atoms with E-state index in [1.165, 1.54) is 0 Å². The van der Waals surface area contributed by atoms with Crippen molar-refractivity contribution in [3.63, 3.8) is 0 Å². The fraction of sp³-hybridized carbons (Fsp3) is 0.818. The van der Waals surface area contributed by atoms with E-state index in [9.17, 15) is 0 Å². The minimum Gasteiger partial charge on any atom is -0.382 e. The Bertz CT molecular complexity index is 165. The average Bonchev–Trinajstić information content (AvgIpc) is 2.22. The van der Waals surface area contributed by atoms with Crippen molar-refractivity contribution in [1.29, 1.82) is 0 Å². The van der Waals surface area contributed by atoms with Crippen LogP contribution in [0, 0.1) is 12.3 Å². The number of unbranched alkanes of at least 4 members (excludes halogenated alkanes) is 1. The number of rotatable bonds is 8. The Kier molecular flexibility index (Phi) is 8.65. The number of hydrogen-bond donors (Lipinski definition) is 2. The molecule has 0 bridgehead atoms. The first-order chi connectivity index (χ1) is 6.74. The van der Waals surface area contributed by atoms with Crippen molar-refractivity contribution in [2.24, 2.45) is 5.84 Å². The molecule has 0 spiro atoms. The van der Waals surface area contributed by atoms with Crippen molar-refractivity contribution < 1.29 is 4.74 Å². The maximum Gasteiger partial charge on any atom is 0.0543 e. The van der Waals surface area contributed by atoms with Crippen LogP contribution >= 0.6 is 0 Å². The van der Waals surface area contributed by atoms with Crippen LogP contribution in [0.5, 0.6) is 0 Å². The fourth-order valence-electron chi connectivity index (χ4n) is 1.32. The molecule has 0 heterocycles. The molecule has 0 radical (unpaired) electrons. The Hall–Kier alpha value is -0.560.